The van der Waals surface area contributed by atoms with Crippen molar-refractivity contribution >= 4 is 21.8 Å². The molecule has 0 aliphatic heterocycles. The van der Waals surface area contributed by atoms with Crippen LogP contribution in [0.1, 0.15) is 6.92 Å². The monoisotopic (exact) mass is 319 g/mol. The van der Waals surface area contributed by atoms with Gasteiger partial charge in [-0.25, -0.2) is 4.39 Å². The van der Waals surface area contributed by atoms with Gasteiger partial charge in [-0.1, -0.05) is 15.9 Å². The number of rotatable bonds is 6. The molecule has 0 spiro atoms. The lowest BCUT2D eigenvalue weighted by Crippen LogP contribution is -2.38. The van der Waals surface area contributed by atoms with Crippen LogP contribution in [0.5, 0.6) is 5.75 Å². The Morgan fingerprint density at radius 1 is 1.56 bits per heavy atom. The minimum atomic E-state index is -0.766. The van der Waals surface area contributed by atoms with Crippen molar-refractivity contribution in [3.05, 3.63) is 28.5 Å². The molecule has 1 atom stereocenters. The van der Waals surface area contributed by atoms with Gasteiger partial charge in [0.15, 0.2) is 17.7 Å². The van der Waals surface area contributed by atoms with Gasteiger partial charge in [0, 0.05) is 18.1 Å². The first kappa shape index (κ1) is 14.9. The maximum absolute atomic E-state index is 13.5. The third-order valence-corrected chi connectivity index (χ3v) is 2.67. The molecule has 1 N–H and O–H groups in total. The molecule has 1 rings (SSSR count). The van der Waals surface area contributed by atoms with Crippen LogP contribution in [-0.2, 0) is 9.53 Å². The third kappa shape index (κ3) is 4.62. The van der Waals surface area contributed by atoms with E-state index in [1.165, 1.54) is 12.1 Å². The zero-order chi connectivity index (χ0) is 13.5. The first-order valence-electron chi connectivity index (χ1n) is 5.43. The zero-order valence-corrected chi connectivity index (χ0v) is 11.8. The number of halogens is 2. The minimum absolute atomic E-state index is 0.0487. The van der Waals surface area contributed by atoms with Crippen LogP contribution in [0.15, 0.2) is 22.7 Å². The summed E-state index contributed by atoms with van der Waals surface area (Å²) >= 11 is 3.14. The third-order valence-electron chi connectivity index (χ3n) is 2.17. The molecule has 100 valence electrons. The van der Waals surface area contributed by atoms with Gasteiger partial charge in [0.25, 0.3) is 5.91 Å². The van der Waals surface area contributed by atoms with E-state index in [2.05, 4.69) is 21.2 Å². The van der Waals surface area contributed by atoms with Gasteiger partial charge >= 0.3 is 0 Å². The van der Waals surface area contributed by atoms with Gasteiger partial charge in [0.2, 0.25) is 0 Å². The van der Waals surface area contributed by atoms with Gasteiger partial charge in [-0.2, -0.15) is 0 Å². The SMILES string of the molecule is COCCNC(=O)[C@@H](C)Oc1ccc(Br)cc1F. The Bertz CT molecular complexity index is 414. The predicted molar refractivity (Wildman–Crippen MR) is 69.1 cm³/mol. The van der Waals surface area contributed by atoms with Crippen LogP contribution in [0.4, 0.5) is 4.39 Å². The molecule has 0 fully saturated rings. The second-order valence-electron chi connectivity index (χ2n) is 3.62. The summed E-state index contributed by atoms with van der Waals surface area (Å²) in [5.41, 5.74) is 0. The average Bonchev–Trinajstić information content (AvgIpc) is 2.32. The van der Waals surface area contributed by atoms with Crippen molar-refractivity contribution in [1.29, 1.82) is 0 Å². The van der Waals surface area contributed by atoms with Crippen molar-refractivity contribution in [2.75, 3.05) is 20.3 Å². The van der Waals surface area contributed by atoms with Gasteiger partial charge in [-0.3, -0.25) is 4.79 Å². The summed E-state index contributed by atoms with van der Waals surface area (Å²) in [6.45, 7) is 2.38. The molecule has 1 aromatic carbocycles. The van der Waals surface area contributed by atoms with Crippen LogP contribution in [0.3, 0.4) is 0 Å². The molecule has 18 heavy (non-hydrogen) atoms. The average molecular weight is 320 g/mol. The molecular weight excluding hydrogens is 305 g/mol. The molecular formula is C12H15BrFNO3. The summed E-state index contributed by atoms with van der Waals surface area (Å²) in [6.07, 6.45) is -0.766. The van der Waals surface area contributed by atoms with Crippen LogP contribution in [-0.4, -0.2) is 32.3 Å². The van der Waals surface area contributed by atoms with E-state index < -0.39 is 11.9 Å². The smallest absolute Gasteiger partial charge is 0.260 e. The molecule has 0 radical (unpaired) electrons. The van der Waals surface area contributed by atoms with Gasteiger partial charge in [-0.05, 0) is 25.1 Å². The Morgan fingerprint density at radius 3 is 2.89 bits per heavy atom. The number of nitrogens with one attached hydrogen (secondary N) is 1. The number of benzene rings is 1. The van der Waals surface area contributed by atoms with Crippen LogP contribution in [0.25, 0.3) is 0 Å². The van der Waals surface area contributed by atoms with Crippen LogP contribution < -0.4 is 10.1 Å². The molecule has 0 aromatic heterocycles. The summed E-state index contributed by atoms with van der Waals surface area (Å²) in [4.78, 5) is 11.6. The highest BCUT2D eigenvalue weighted by Crippen LogP contribution is 2.22. The van der Waals surface area contributed by atoms with E-state index in [4.69, 9.17) is 9.47 Å². The quantitative estimate of drug-likeness (QED) is 0.817. The van der Waals surface area contributed by atoms with E-state index in [9.17, 15) is 9.18 Å². The maximum atomic E-state index is 13.5. The Morgan fingerprint density at radius 2 is 2.28 bits per heavy atom. The molecule has 1 amide bonds. The fraction of sp³-hybridized carbons (Fsp3) is 0.417. The lowest BCUT2D eigenvalue weighted by molar-refractivity contribution is -0.127. The Labute approximate surface area is 114 Å². The molecule has 4 nitrogen and oxygen atoms in total. The number of hydrogen-bond acceptors (Lipinski definition) is 3. The van der Waals surface area contributed by atoms with Crippen LogP contribution in [0, 0.1) is 5.82 Å². The first-order chi connectivity index (χ1) is 8.54. The van der Waals surface area contributed by atoms with E-state index in [0.29, 0.717) is 17.6 Å². The molecule has 0 saturated carbocycles. The number of amides is 1. The summed E-state index contributed by atoms with van der Waals surface area (Å²) in [5.74, 6) is -0.775. The maximum Gasteiger partial charge on any atom is 0.260 e. The fourth-order valence-corrected chi connectivity index (χ4v) is 1.57. The molecule has 0 bridgehead atoms. The van der Waals surface area contributed by atoms with Crippen molar-refractivity contribution in [2.24, 2.45) is 0 Å². The standard InChI is InChI=1S/C12H15BrFNO3/c1-8(12(16)15-5-6-17-2)18-11-4-3-9(13)7-10(11)14/h3-4,7-8H,5-6H2,1-2H3,(H,15,16)/t8-/m1/s1. The number of methoxy groups -OCH3 is 1. The van der Waals surface area contributed by atoms with Gasteiger partial charge in [-0.15, -0.1) is 0 Å². The lowest BCUT2D eigenvalue weighted by Gasteiger charge is -2.15. The second-order valence-corrected chi connectivity index (χ2v) is 4.53. The van der Waals surface area contributed by atoms with Crippen LogP contribution >= 0.6 is 15.9 Å². The molecule has 0 unspecified atom stereocenters. The Balaban J connectivity index is 2.53. The van der Waals surface area contributed by atoms with E-state index in [-0.39, 0.29) is 11.7 Å². The topological polar surface area (TPSA) is 47.6 Å². The minimum Gasteiger partial charge on any atom is -0.478 e. The highest BCUT2D eigenvalue weighted by molar-refractivity contribution is 9.10. The van der Waals surface area contributed by atoms with E-state index in [1.807, 2.05) is 0 Å². The van der Waals surface area contributed by atoms with Gasteiger partial charge in [0.05, 0.1) is 6.61 Å². The van der Waals surface area contributed by atoms with Gasteiger partial charge < -0.3 is 14.8 Å². The van der Waals surface area contributed by atoms with Crippen molar-refractivity contribution in [2.45, 2.75) is 13.0 Å². The van der Waals surface area contributed by atoms with E-state index in [1.54, 1.807) is 20.1 Å². The van der Waals surface area contributed by atoms with Crippen molar-refractivity contribution in [1.82, 2.24) is 5.32 Å². The number of ether oxygens (including phenoxy) is 2. The fourth-order valence-electron chi connectivity index (χ4n) is 1.23. The largest absolute Gasteiger partial charge is 0.478 e. The summed E-state index contributed by atoms with van der Waals surface area (Å²) < 4.78 is 24.1. The molecule has 1 aromatic rings. The predicted octanol–water partition coefficient (Wildman–Crippen LogP) is 2.12. The molecule has 0 saturated heterocycles. The second kappa shape index (κ2) is 7.33. The van der Waals surface area contributed by atoms with Crippen LogP contribution in [0.2, 0.25) is 0 Å². The van der Waals surface area contributed by atoms with E-state index in [0.717, 1.165) is 0 Å². The molecule has 6 heteroatoms. The first-order valence-corrected chi connectivity index (χ1v) is 6.22. The highest BCUT2D eigenvalue weighted by atomic mass is 79.9. The number of carbonyl (C=O) groups is 1. The summed E-state index contributed by atoms with van der Waals surface area (Å²) in [7, 11) is 1.54. The number of hydrogen-bond donors (Lipinski definition) is 1. The van der Waals surface area contributed by atoms with Crippen molar-refractivity contribution < 1.29 is 18.7 Å². The van der Waals surface area contributed by atoms with Crippen molar-refractivity contribution in [3.63, 3.8) is 0 Å². The van der Waals surface area contributed by atoms with Gasteiger partial charge in [0.1, 0.15) is 0 Å². The number of carbonyl (C=O) groups excluding carboxylic acids is 1. The summed E-state index contributed by atoms with van der Waals surface area (Å²) in [5, 5.41) is 2.61. The molecule has 0 aliphatic rings. The zero-order valence-electron chi connectivity index (χ0n) is 10.2. The Kier molecular flexibility index (Phi) is 6.07. The van der Waals surface area contributed by atoms with Crippen molar-refractivity contribution in [3.8, 4) is 5.75 Å². The van der Waals surface area contributed by atoms with E-state index >= 15 is 0 Å². The molecule has 0 aliphatic carbocycles. The highest BCUT2D eigenvalue weighted by Gasteiger charge is 2.16. The Hall–Kier alpha value is -1.14. The normalized spacial score (nSPS) is 12.0. The lowest BCUT2D eigenvalue weighted by atomic mass is 10.3. The molecule has 0 heterocycles. The summed E-state index contributed by atoms with van der Waals surface area (Å²) in [6, 6.07) is 4.40.